The quantitative estimate of drug-likeness (QED) is 0.0342. The molecule has 2 unspecified atom stereocenters. The molecular weight excluding hydrogens is 631 g/mol. The molecule has 3 N–H and O–H groups in total. The maximum atomic E-state index is 12.5. The average molecular weight is 708 g/mol. The van der Waals surface area contributed by atoms with Gasteiger partial charge in [-0.1, -0.05) is 178 Å². The Morgan fingerprint density at radius 2 is 0.918 bits per heavy atom. The Morgan fingerprint density at radius 1 is 0.551 bits per heavy atom. The topological polar surface area (TPSA) is 104 Å². The number of hydrogen-bond donors (Lipinski definition) is 3. The summed E-state index contributed by atoms with van der Waals surface area (Å²) in [4.78, 5) is 12.5. The summed E-state index contributed by atoms with van der Waals surface area (Å²) in [5.74, 6) is -0.996. The largest absolute Gasteiger partial charge is 0.387 e. The molecule has 0 heterocycles. The maximum Gasteiger partial charge on any atom is 0.267 e. The molecule has 0 bridgehead atoms. The molecule has 0 aromatic carbocycles. The lowest BCUT2D eigenvalue weighted by molar-refractivity contribution is -0.122. The molecular formula is C42H77NO5S. The normalized spacial score (nSPS) is 13.8. The molecule has 1 amide bonds. The van der Waals surface area contributed by atoms with Crippen LogP contribution in [0, 0.1) is 0 Å². The number of carbonyl (C=O) groups is 1. The summed E-state index contributed by atoms with van der Waals surface area (Å²) in [6.07, 6.45) is 48.0. The highest BCUT2D eigenvalue weighted by Crippen LogP contribution is 2.13. The maximum absolute atomic E-state index is 12.5. The van der Waals surface area contributed by atoms with Gasteiger partial charge in [-0.2, -0.15) is 8.42 Å². The zero-order chi connectivity index (χ0) is 36.1. The van der Waals surface area contributed by atoms with Crippen LogP contribution in [0.1, 0.15) is 194 Å². The van der Waals surface area contributed by atoms with Gasteiger partial charge in [0.1, 0.15) is 0 Å². The number of aliphatic hydroxyl groups excluding tert-OH is 1. The van der Waals surface area contributed by atoms with Crippen LogP contribution in [0.5, 0.6) is 0 Å². The van der Waals surface area contributed by atoms with Gasteiger partial charge in [-0.25, -0.2) is 0 Å². The first-order valence-electron chi connectivity index (χ1n) is 20.3. The smallest absolute Gasteiger partial charge is 0.267 e. The Kier molecular flexibility index (Phi) is 34.9. The van der Waals surface area contributed by atoms with Gasteiger partial charge in [0.15, 0.2) is 0 Å². The van der Waals surface area contributed by atoms with Crippen molar-refractivity contribution in [2.24, 2.45) is 0 Å². The van der Waals surface area contributed by atoms with Crippen molar-refractivity contribution >= 4 is 16.0 Å². The highest BCUT2D eigenvalue weighted by molar-refractivity contribution is 7.85. The van der Waals surface area contributed by atoms with E-state index >= 15 is 0 Å². The minimum Gasteiger partial charge on any atom is -0.387 e. The van der Waals surface area contributed by atoms with Crippen LogP contribution < -0.4 is 5.32 Å². The highest BCUT2D eigenvalue weighted by atomic mass is 32.2. The van der Waals surface area contributed by atoms with E-state index in [1.54, 1.807) is 6.08 Å². The van der Waals surface area contributed by atoms with Gasteiger partial charge in [0, 0.05) is 6.42 Å². The second-order valence-corrected chi connectivity index (χ2v) is 15.4. The van der Waals surface area contributed by atoms with Crippen LogP contribution in [-0.4, -0.2) is 41.9 Å². The zero-order valence-electron chi connectivity index (χ0n) is 31.8. The lowest BCUT2D eigenvalue weighted by Gasteiger charge is -2.21. The predicted octanol–water partition coefficient (Wildman–Crippen LogP) is 11.9. The Labute approximate surface area is 303 Å². The second kappa shape index (κ2) is 36.1. The molecule has 2 atom stereocenters. The van der Waals surface area contributed by atoms with Crippen LogP contribution in [0.25, 0.3) is 0 Å². The number of rotatable bonds is 36. The summed E-state index contributed by atoms with van der Waals surface area (Å²) in [6, 6.07) is -1.06. The van der Waals surface area contributed by atoms with Gasteiger partial charge >= 0.3 is 0 Å². The SMILES string of the molecule is CCCCCCC/C=C\C/C=C\C/C=C\CCCCCCCCC(=O)NC(CS(=O)(=O)O)C(O)/C=C/CCCCCCCCCCCCC. The Hall–Kier alpha value is -1.70. The summed E-state index contributed by atoms with van der Waals surface area (Å²) < 4.78 is 32.4. The van der Waals surface area contributed by atoms with Crippen molar-refractivity contribution in [3.63, 3.8) is 0 Å². The minimum atomic E-state index is -4.35. The Bertz CT molecular complexity index is 956. The zero-order valence-corrected chi connectivity index (χ0v) is 32.6. The third-order valence-electron chi connectivity index (χ3n) is 9.00. The lowest BCUT2D eigenvalue weighted by Crippen LogP contribution is -2.46. The van der Waals surface area contributed by atoms with Gasteiger partial charge in [0.05, 0.1) is 17.9 Å². The number of hydrogen-bond acceptors (Lipinski definition) is 4. The summed E-state index contributed by atoms with van der Waals surface area (Å²) >= 11 is 0. The molecule has 0 aliphatic carbocycles. The van der Waals surface area contributed by atoms with Gasteiger partial charge in [0.25, 0.3) is 10.1 Å². The third kappa shape index (κ3) is 37.4. The van der Waals surface area contributed by atoms with Crippen molar-refractivity contribution in [2.45, 2.75) is 206 Å². The third-order valence-corrected chi connectivity index (χ3v) is 9.78. The summed E-state index contributed by atoms with van der Waals surface area (Å²) in [6.45, 7) is 4.50. The van der Waals surface area contributed by atoms with E-state index in [1.807, 2.05) is 6.08 Å². The van der Waals surface area contributed by atoms with Crippen LogP contribution in [0.4, 0.5) is 0 Å². The molecule has 0 spiro atoms. The van der Waals surface area contributed by atoms with Crippen molar-refractivity contribution in [2.75, 3.05) is 5.75 Å². The summed E-state index contributed by atoms with van der Waals surface area (Å²) in [5, 5.41) is 13.2. The van der Waals surface area contributed by atoms with Gasteiger partial charge in [-0.15, -0.1) is 0 Å². The molecule has 0 aromatic rings. The standard InChI is InChI=1S/C42H77NO5S/c1-3-5-7-9-11-13-15-17-18-19-20-21-22-23-24-26-28-30-32-34-36-38-42(45)43-40(39-49(46,47)48)41(44)37-35-33-31-29-27-25-16-14-12-10-8-6-4-2/h15,17,19-20,22-23,35,37,40-41,44H,3-14,16,18,21,24-34,36,38-39H2,1-2H3,(H,43,45)(H,46,47,48)/b17-15-,20-19-,23-22-,37-35+. The molecule has 49 heavy (non-hydrogen) atoms. The van der Waals surface area contributed by atoms with Crippen LogP contribution >= 0.6 is 0 Å². The first-order chi connectivity index (χ1) is 23.8. The van der Waals surface area contributed by atoms with E-state index in [4.69, 9.17) is 0 Å². The fourth-order valence-electron chi connectivity index (χ4n) is 5.93. The number of aliphatic hydroxyl groups is 1. The lowest BCUT2D eigenvalue weighted by atomic mass is 10.0. The molecule has 286 valence electrons. The summed E-state index contributed by atoms with van der Waals surface area (Å²) in [5.41, 5.74) is 0. The fourth-order valence-corrected chi connectivity index (χ4v) is 6.66. The van der Waals surface area contributed by atoms with Crippen molar-refractivity contribution in [3.8, 4) is 0 Å². The van der Waals surface area contributed by atoms with Crippen molar-refractivity contribution in [3.05, 3.63) is 48.6 Å². The minimum absolute atomic E-state index is 0.280. The second-order valence-electron chi connectivity index (χ2n) is 13.9. The van der Waals surface area contributed by atoms with Crippen LogP contribution in [0.3, 0.4) is 0 Å². The predicted molar refractivity (Wildman–Crippen MR) is 212 cm³/mol. The monoisotopic (exact) mass is 708 g/mol. The van der Waals surface area contributed by atoms with E-state index in [2.05, 4.69) is 55.6 Å². The van der Waals surface area contributed by atoms with Gasteiger partial charge in [-0.05, 0) is 57.8 Å². The van der Waals surface area contributed by atoms with E-state index in [1.165, 1.54) is 109 Å². The molecule has 0 saturated carbocycles. The summed E-state index contributed by atoms with van der Waals surface area (Å²) in [7, 11) is -4.35. The molecule has 0 aromatic heterocycles. The van der Waals surface area contributed by atoms with E-state index in [0.717, 1.165) is 64.2 Å². The van der Waals surface area contributed by atoms with Crippen LogP contribution in [0.15, 0.2) is 48.6 Å². The molecule has 0 rings (SSSR count). The Morgan fingerprint density at radius 3 is 1.35 bits per heavy atom. The first-order valence-corrected chi connectivity index (χ1v) is 21.9. The van der Waals surface area contributed by atoms with Crippen LogP contribution in [0.2, 0.25) is 0 Å². The van der Waals surface area contributed by atoms with Gasteiger partial charge in [0.2, 0.25) is 5.91 Å². The molecule has 0 saturated heterocycles. The average Bonchev–Trinajstić information content (AvgIpc) is 3.06. The van der Waals surface area contributed by atoms with E-state index < -0.39 is 28.0 Å². The number of unbranched alkanes of at least 4 members (excludes halogenated alkanes) is 22. The molecule has 6 nitrogen and oxygen atoms in total. The van der Waals surface area contributed by atoms with Crippen molar-refractivity contribution < 1.29 is 22.9 Å². The van der Waals surface area contributed by atoms with Crippen LogP contribution in [-0.2, 0) is 14.9 Å². The fraction of sp³-hybridized carbons (Fsp3) is 0.786. The number of amides is 1. The molecule has 0 radical (unpaired) electrons. The van der Waals surface area contributed by atoms with E-state index in [0.29, 0.717) is 0 Å². The van der Waals surface area contributed by atoms with E-state index in [9.17, 15) is 22.9 Å². The molecule has 0 aliphatic rings. The number of nitrogens with one attached hydrogen (secondary N) is 1. The number of carbonyl (C=O) groups excluding carboxylic acids is 1. The van der Waals surface area contributed by atoms with Gasteiger partial charge < -0.3 is 10.4 Å². The van der Waals surface area contributed by atoms with Crippen molar-refractivity contribution in [1.29, 1.82) is 0 Å². The Balaban J connectivity index is 3.95. The van der Waals surface area contributed by atoms with Crippen molar-refractivity contribution in [1.82, 2.24) is 5.32 Å². The first kappa shape index (κ1) is 47.3. The molecule has 0 aliphatic heterocycles. The highest BCUT2D eigenvalue weighted by Gasteiger charge is 2.24. The molecule has 7 heteroatoms. The molecule has 0 fully saturated rings. The number of allylic oxidation sites excluding steroid dienone is 7. The van der Waals surface area contributed by atoms with E-state index in [-0.39, 0.29) is 12.3 Å². The van der Waals surface area contributed by atoms with Gasteiger partial charge in [-0.3, -0.25) is 9.35 Å².